The summed E-state index contributed by atoms with van der Waals surface area (Å²) in [6.07, 6.45) is -1.18. The number of hydrogen-bond donors (Lipinski definition) is 5. The van der Waals surface area contributed by atoms with Gasteiger partial charge in [-0.2, -0.15) is 0 Å². The van der Waals surface area contributed by atoms with Crippen molar-refractivity contribution in [1.82, 2.24) is 20.4 Å². The predicted octanol–water partition coefficient (Wildman–Crippen LogP) is 3.21. The van der Waals surface area contributed by atoms with Gasteiger partial charge in [0.25, 0.3) is 11.8 Å². The maximum absolute atomic E-state index is 13.6. The van der Waals surface area contributed by atoms with Crippen molar-refractivity contribution >= 4 is 61.0 Å². The zero-order valence-electron chi connectivity index (χ0n) is 45.9. The Balaban J connectivity index is 0.000000274. The maximum atomic E-state index is 13.6. The summed E-state index contributed by atoms with van der Waals surface area (Å²) < 4.78 is 41.5. The molecule has 2 aromatic carbocycles. The molecule has 4 saturated heterocycles. The first-order valence-corrected chi connectivity index (χ1v) is 25.4. The molecule has 0 spiro atoms. The van der Waals surface area contributed by atoms with E-state index in [1.165, 1.54) is 9.80 Å². The predicted molar refractivity (Wildman–Crippen MR) is 278 cm³/mol. The van der Waals surface area contributed by atoms with Gasteiger partial charge < -0.3 is 69.8 Å². The summed E-state index contributed by atoms with van der Waals surface area (Å²) in [4.78, 5) is 78.1. The number of ether oxygens (including phenoxy) is 3. The zero-order chi connectivity index (χ0) is 55.4. The summed E-state index contributed by atoms with van der Waals surface area (Å²) in [5.41, 5.74) is 9.84. The smallest absolute Gasteiger partial charge is 0.465 e. The molecule has 4 heterocycles. The molecule has 0 bridgehead atoms. The van der Waals surface area contributed by atoms with Crippen LogP contribution in [0.4, 0.5) is 9.59 Å². The van der Waals surface area contributed by atoms with Gasteiger partial charge in [-0.1, -0.05) is 69.3 Å². The molecule has 408 valence electrons. The molecule has 6 rings (SSSR count). The van der Waals surface area contributed by atoms with Crippen LogP contribution in [0.2, 0.25) is 0 Å². The van der Waals surface area contributed by atoms with E-state index >= 15 is 0 Å². The van der Waals surface area contributed by atoms with Crippen molar-refractivity contribution in [2.24, 2.45) is 16.9 Å². The SMILES string of the molecule is CC(C)(C)OC(=O)N1CCCOC(C(=O)N[C@@H](Cc2ccc(B3OC(C)(C)C(C)(C)O3)cc2)C(N)=O)C1.CC1(C)OB(c2ccc(C[C@H](NC(=O)[C@]3(C(C)(C)C)CN(C(=O)O)CCCO3)C(N)=O)cc2)OC1(C)C. The lowest BCUT2D eigenvalue weighted by molar-refractivity contribution is -0.166. The van der Waals surface area contributed by atoms with E-state index in [-0.39, 0.29) is 39.1 Å². The van der Waals surface area contributed by atoms with Crippen molar-refractivity contribution in [1.29, 1.82) is 0 Å². The van der Waals surface area contributed by atoms with Crippen LogP contribution in [-0.2, 0) is 64.8 Å². The van der Waals surface area contributed by atoms with Crippen LogP contribution in [-0.4, -0.2) is 156 Å². The van der Waals surface area contributed by atoms with Crippen LogP contribution in [0.15, 0.2) is 48.5 Å². The quantitative estimate of drug-likeness (QED) is 0.191. The Kier molecular flexibility index (Phi) is 18.5. The molecule has 0 radical (unpaired) electrons. The minimum Gasteiger partial charge on any atom is -0.465 e. The van der Waals surface area contributed by atoms with Crippen LogP contribution in [0.1, 0.15) is 121 Å². The van der Waals surface area contributed by atoms with Gasteiger partial charge in [0, 0.05) is 44.6 Å². The second-order valence-corrected chi connectivity index (χ2v) is 23.6. The van der Waals surface area contributed by atoms with Gasteiger partial charge in [-0.05, 0) is 111 Å². The summed E-state index contributed by atoms with van der Waals surface area (Å²) >= 11 is 0. The molecular formula is C52H80B2N6O14. The fourth-order valence-electron chi connectivity index (χ4n) is 8.50. The number of primary amides is 2. The highest BCUT2D eigenvalue weighted by molar-refractivity contribution is 6.62. The second-order valence-electron chi connectivity index (χ2n) is 23.6. The third-order valence-corrected chi connectivity index (χ3v) is 14.6. The van der Waals surface area contributed by atoms with Crippen LogP contribution in [0.5, 0.6) is 0 Å². The maximum Gasteiger partial charge on any atom is 0.494 e. The minimum atomic E-state index is -1.49. The summed E-state index contributed by atoms with van der Waals surface area (Å²) in [6, 6.07) is 12.9. The lowest BCUT2D eigenvalue weighted by atomic mass is 9.74. The normalized spacial score (nSPS) is 23.2. The van der Waals surface area contributed by atoms with E-state index in [0.717, 1.165) is 22.1 Å². The summed E-state index contributed by atoms with van der Waals surface area (Å²) in [5.74, 6) is -2.43. The Morgan fingerprint density at radius 3 is 1.50 bits per heavy atom. The van der Waals surface area contributed by atoms with E-state index in [1.54, 1.807) is 20.8 Å². The highest BCUT2D eigenvalue weighted by Gasteiger charge is 2.55. The van der Waals surface area contributed by atoms with Crippen molar-refractivity contribution in [3.05, 3.63) is 59.7 Å². The number of nitrogens with zero attached hydrogens (tertiary/aromatic N) is 2. The number of rotatable bonds is 12. The van der Waals surface area contributed by atoms with Gasteiger partial charge in [0.05, 0.1) is 35.5 Å². The molecule has 1 unspecified atom stereocenters. The van der Waals surface area contributed by atoms with E-state index in [4.69, 9.17) is 44.3 Å². The van der Waals surface area contributed by atoms with Crippen molar-refractivity contribution in [2.45, 2.75) is 174 Å². The van der Waals surface area contributed by atoms with Crippen molar-refractivity contribution in [3.63, 3.8) is 0 Å². The Morgan fingerprint density at radius 2 is 1.09 bits per heavy atom. The number of carboxylic acid groups (broad SMARTS) is 1. The number of amides is 6. The van der Waals surface area contributed by atoms with Crippen LogP contribution >= 0.6 is 0 Å². The zero-order valence-corrected chi connectivity index (χ0v) is 45.9. The van der Waals surface area contributed by atoms with E-state index in [0.29, 0.717) is 26.0 Å². The van der Waals surface area contributed by atoms with Crippen LogP contribution in [0.25, 0.3) is 0 Å². The van der Waals surface area contributed by atoms with Gasteiger partial charge in [0.1, 0.15) is 17.7 Å². The summed E-state index contributed by atoms with van der Waals surface area (Å²) in [6.45, 7) is 27.8. The van der Waals surface area contributed by atoms with Gasteiger partial charge in [0.2, 0.25) is 11.8 Å². The van der Waals surface area contributed by atoms with Gasteiger partial charge in [-0.15, -0.1) is 0 Å². The molecular weight excluding hydrogens is 954 g/mol. The standard InChI is InChI=1S/2C26H40BN3O7/c1-23(2,3)26(16-30(22(33)34)13-8-14-35-26)21(32)29-19(20(28)31)15-17-9-11-18(12-10-17)27-36-24(4,5)25(6,7)37-27;1-24(2,3)35-23(33)30-13-8-14-34-20(16-30)22(32)29-19(21(28)31)15-17-9-11-18(12-10-17)27-36-25(4,5)26(6,7)37-27/h9-12,19H,8,13-16H2,1-7H3,(H2,28,31)(H,29,32)(H,33,34);9-12,19-20H,8,13-16H2,1-7H3,(H2,28,31)(H,29,32)/t19-,26-;19-,20?/m00/s1. The third-order valence-electron chi connectivity index (χ3n) is 14.6. The number of nitrogens with one attached hydrogen (secondary N) is 2. The molecule has 4 aliphatic rings. The van der Waals surface area contributed by atoms with Crippen molar-refractivity contribution in [3.8, 4) is 0 Å². The van der Waals surface area contributed by atoms with Gasteiger partial charge in [0.15, 0.2) is 11.7 Å². The highest BCUT2D eigenvalue weighted by Crippen LogP contribution is 2.39. The van der Waals surface area contributed by atoms with Crippen LogP contribution < -0.4 is 33.0 Å². The number of hydrogen-bond acceptors (Lipinski definition) is 13. The molecule has 7 N–H and O–H groups in total. The summed E-state index contributed by atoms with van der Waals surface area (Å²) in [5, 5.41) is 15.1. The van der Waals surface area contributed by atoms with E-state index in [1.807, 2.05) is 125 Å². The Labute approximate surface area is 437 Å². The Bertz CT molecular complexity index is 2300. The first-order valence-electron chi connectivity index (χ1n) is 25.4. The van der Waals surface area contributed by atoms with Gasteiger partial charge in [-0.3, -0.25) is 19.2 Å². The van der Waals surface area contributed by atoms with Crippen LogP contribution in [0.3, 0.4) is 0 Å². The second kappa shape index (κ2) is 22.9. The number of benzene rings is 2. The molecule has 4 aliphatic heterocycles. The molecule has 4 fully saturated rings. The Morgan fingerprint density at radius 1 is 0.676 bits per heavy atom. The van der Waals surface area contributed by atoms with Crippen molar-refractivity contribution in [2.75, 3.05) is 39.4 Å². The Hall–Kier alpha value is -5.25. The fourth-order valence-corrected chi connectivity index (χ4v) is 8.50. The average molecular weight is 1030 g/mol. The van der Waals surface area contributed by atoms with E-state index in [9.17, 15) is 33.9 Å². The molecule has 4 atom stereocenters. The highest BCUT2D eigenvalue weighted by atomic mass is 16.7. The first kappa shape index (κ1) is 59.6. The topological polar surface area (TPSA) is 270 Å². The van der Waals surface area contributed by atoms with Crippen molar-refractivity contribution < 1.29 is 66.7 Å². The largest absolute Gasteiger partial charge is 0.494 e. The monoisotopic (exact) mass is 1030 g/mol. The summed E-state index contributed by atoms with van der Waals surface area (Å²) in [7, 11) is -1.01. The molecule has 6 amide bonds. The number of carbonyl (C=O) groups excluding carboxylic acids is 5. The molecule has 74 heavy (non-hydrogen) atoms. The molecule has 22 heteroatoms. The molecule has 0 aliphatic carbocycles. The lowest BCUT2D eigenvalue weighted by Crippen LogP contribution is -2.64. The first-order chi connectivity index (χ1) is 34.1. The fraction of sp³-hybridized carbons (Fsp3) is 0.654. The minimum absolute atomic E-state index is 0.0228. The average Bonchev–Trinajstić information content (AvgIpc) is 3.49. The number of nitrogens with two attached hydrogens (primary N) is 2. The van der Waals surface area contributed by atoms with Gasteiger partial charge in [-0.25, -0.2) is 9.59 Å². The molecule has 0 saturated carbocycles. The molecule has 2 aromatic rings. The van der Waals surface area contributed by atoms with Gasteiger partial charge >= 0.3 is 26.4 Å². The van der Waals surface area contributed by atoms with E-state index in [2.05, 4.69) is 10.6 Å². The molecule has 20 nitrogen and oxygen atoms in total. The van der Waals surface area contributed by atoms with Crippen LogP contribution in [0, 0.1) is 5.41 Å². The third kappa shape index (κ3) is 14.6. The lowest BCUT2D eigenvalue weighted by Gasteiger charge is -2.44. The van der Waals surface area contributed by atoms with E-state index < -0.39 is 107 Å². The number of carbonyl (C=O) groups is 6. The molecule has 0 aromatic heterocycles.